The Morgan fingerprint density at radius 2 is 1.81 bits per heavy atom. The van der Waals surface area contributed by atoms with Crippen LogP contribution in [0.15, 0.2) is 24.3 Å². The lowest BCUT2D eigenvalue weighted by atomic mass is 9.61. The topological polar surface area (TPSA) is 0 Å². The number of hydrogen-bond donors (Lipinski definition) is 0. The molecule has 0 spiro atoms. The first kappa shape index (κ1) is 12.0. The van der Waals surface area contributed by atoms with Gasteiger partial charge in [-0.2, -0.15) is 0 Å². The molecule has 0 N–H and O–H groups in total. The molecular formula is C15H21Cl. The molecule has 1 aromatic carbocycles. The van der Waals surface area contributed by atoms with E-state index in [1.165, 1.54) is 37.7 Å². The van der Waals surface area contributed by atoms with Crippen molar-refractivity contribution in [1.29, 1.82) is 0 Å². The van der Waals surface area contributed by atoms with E-state index >= 15 is 0 Å². The molecule has 1 aliphatic rings. The summed E-state index contributed by atoms with van der Waals surface area (Å²) < 4.78 is 0. The van der Waals surface area contributed by atoms with Gasteiger partial charge in [0, 0.05) is 5.02 Å². The van der Waals surface area contributed by atoms with Crippen molar-refractivity contribution in [3.8, 4) is 0 Å². The second kappa shape index (κ2) is 4.79. The summed E-state index contributed by atoms with van der Waals surface area (Å²) in [6, 6.07) is 8.52. The summed E-state index contributed by atoms with van der Waals surface area (Å²) in [5, 5.41) is 0.849. The van der Waals surface area contributed by atoms with Gasteiger partial charge in [-0.3, -0.25) is 0 Å². The van der Waals surface area contributed by atoms with Crippen molar-refractivity contribution in [2.75, 3.05) is 0 Å². The van der Waals surface area contributed by atoms with Crippen molar-refractivity contribution in [2.24, 2.45) is 5.92 Å². The molecule has 16 heavy (non-hydrogen) atoms. The quantitative estimate of drug-likeness (QED) is 0.674. The molecule has 0 radical (unpaired) electrons. The van der Waals surface area contributed by atoms with Crippen LogP contribution in [0.25, 0.3) is 0 Å². The Bertz CT molecular complexity index is 333. The second-order valence-corrected chi connectivity index (χ2v) is 6.01. The number of hydrogen-bond acceptors (Lipinski definition) is 0. The maximum Gasteiger partial charge on any atom is 0.0406 e. The maximum absolute atomic E-state index is 5.95. The molecule has 0 atom stereocenters. The van der Waals surface area contributed by atoms with Gasteiger partial charge in [-0.1, -0.05) is 50.4 Å². The van der Waals surface area contributed by atoms with Crippen LogP contribution in [0.3, 0.4) is 0 Å². The molecule has 2 rings (SSSR count). The molecule has 1 saturated carbocycles. The average Bonchev–Trinajstić information content (AvgIpc) is 2.18. The monoisotopic (exact) mass is 236 g/mol. The van der Waals surface area contributed by atoms with Crippen molar-refractivity contribution < 1.29 is 0 Å². The van der Waals surface area contributed by atoms with E-state index in [2.05, 4.69) is 26.0 Å². The van der Waals surface area contributed by atoms with Crippen molar-refractivity contribution >= 4 is 11.6 Å². The molecule has 0 nitrogen and oxygen atoms in total. The van der Waals surface area contributed by atoms with Crippen molar-refractivity contribution in [2.45, 2.75) is 51.4 Å². The molecule has 0 saturated heterocycles. The fraction of sp³-hybridized carbons (Fsp3) is 0.600. The van der Waals surface area contributed by atoms with Crippen LogP contribution in [-0.2, 0) is 5.41 Å². The molecule has 0 aromatic heterocycles. The Morgan fingerprint density at radius 1 is 1.19 bits per heavy atom. The summed E-state index contributed by atoms with van der Waals surface area (Å²) in [4.78, 5) is 0. The maximum atomic E-state index is 5.95. The summed E-state index contributed by atoms with van der Waals surface area (Å²) >= 11 is 5.95. The third-order valence-corrected chi connectivity index (χ3v) is 4.22. The lowest BCUT2D eigenvalue weighted by Crippen LogP contribution is -2.34. The van der Waals surface area contributed by atoms with E-state index < -0.39 is 0 Å². The third kappa shape index (κ3) is 2.43. The average molecular weight is 237 g/mol. The largest absolute Gasteiger partial charge is 0.0843 e. The molecular weight excluding hydrogens is 216 g/mol. The Hall–Kier alpha value is -0.490. The van der Waals surface area contributed by atoms with Gasteiger partial charge in [0.25, 0.3) is 0 Å². The predicted molar refractivity (Wildman–Crippen MR) is 71.1 cm³/mol. The minimum atomic E-state index is 0.481. The lowest BCUT2D eigenvalue weighted by molar-refractivity contribution is 0.211. The van der Waals surface area contributed by atoms with Crippen LogP contribution in [0.1, 0.15) is 51.5 Å². The van der Waals surface area contributed by atoms with Crippen LogP contribution < -0.4 is 0 Å². The van der Waals surface area contributed by atoms with E-state index in [1.807, 2.05) is 12.1 Å². The smallest absolute Gasteiger partial charge is 0.0406 e. The van der Waals surface area contributed by atoms with Crippen LogP contribution in [0.5, 0.6) is 0 Å². The van der Waals surface area contributed by atoms with Crippen LogP contribution in [0.2, 0.25) is 5.02 Å². The van der Waals surface area contributed by atoms with Crippen LogP contribution in [0, 0.1) is 5.92 Å². The Kier molecular flexibility index (Phi) is 3.59. The fourth-order valence-electron chi connectivity index (χ4n) is 2.65. The Labute approximate surface area is 104 Å². The first-order valence-electron chi connectivity index (χ1n) is 6.38. The van der Waals surface area contributed by atoms with E-state index in [0.29, 0.717) is 5.41 Å². The van der Waals surface area contributed by atoms with Gasteiger partial charge in [0.05, 0.1) is 0 Å². The van der Waals surface area contributed by atoms with E-state index in [-0.39, 0.29) is 0 Å². The van der Waals surface area contributed by atoms with Gasteiger partial charge in [-0.05, 0) is 48.3 Å². The van der Waals surface area contributed by atoms with Gasteiger partial charge in [0.15, 0.2) is 0 Å². The molecule has 1 aliphatic carbocycles. The molecule has 0 amide bonds. The summed E-state index contributed by atoms with van der Waals surface area (Å²) in [5.41, 5.74) is 1.98. The normalized spacial score (nSPS) is 18.5. The fourth-order valence-corrected chi connectivity index (χ4v) is 2.78. The van der Waals surface area contributed by atoms with Gasteiger partial charge in [0.2, 0.25) is 0 Å². The van der Waals surface area contributed by atoms with Crippen LogP contribution in [0.4, 0.5) is 0 Å². The Morgan fingerprint density at radius 3 is 2.25 bits per heavy atom. The van der Waals surface area contributed by atoms with Gasteiger partial charge in [0.1, 0.15) is 0 Å². The molecule has 0 aliphatic heterocycles. The highest BCUT2D eigenvalue weighted by atomic mass is 35.5. The predicted octanol–water partition coefficient (Wildman–Crippen LogP) is 5.20. The first-order valence-corrected chi connectivity index (χ1v) is 6.76. The number of benzene rings is 1. The molecule has 1 fully saturated rings. The SMILES string of the molecule is CC(C)CCC1(c2ccc(Cl)cc2)CCC1. The lowest BCUT2D eigenvalue weighted by Gasteiger charge is -2.43. The van der Waals surface area contributed by atoms with Crippen molar-refractivity contribution in [3.63, 3.8) is 0 Å². The zero-order valence-electron chi connectivity index (χ0n) is 10.3. The molecule has 0 heterocycles. The summed E-state index contributed by atoms with van der Waals surface area (Å²) in [6.45, 7) is 4.63. The molecule has 0 unspecified atom stereocenters. The van der Waals surface area contributed by atoms with Gasteiger partial charge in [-0.15, -0.1) is 0 Å². The molecule has 0 bridgehead atoms. The number of rotatable bonds is 4. The highest BCUT2D eigenvalue weighted by Gasteiger charge is 2.37. The molecule has 1 aromatic rings. The summed E-state index contributed by atoms with van der Waals surface area (Å²) in [6.07, 6.45) is 6.79. The van der Waals surface area contributed by atoms with E-state index in [0.717, 1.165) is 10.9 Å². The Balaban J connectivity index is 2.11. The molecule has 1 heteroatoms. The van der Waals surface area contributed by atoms with Gasteiger partial charge >= 0.3 is 0 Å². The second-order valence-electron chi connectivity index (χ2n) is 5.57. The highest BCUT2D eigenvalue weighted by Crippen LogP contribution is 2.47. The first-order chi connectivity index (χ1) is 7.62. The standard InChI is InChI=1S/C15H21Cl/c1-12(2)8-11-15(9-3-10-15)13-4-6-14(16)7-5-13/h4-7,12H,3,8-11H2,1-2H3. The van der Waals surface area contributed by atoms with Crippen molar-refractivity contribution in [1.82, 2.24) is 0 Å². The van der Waals surface area contributed by atoms with Crippen LogP contribution >= 0.6 is 11.6 Å². The van der Waals surface area contributed by atoms with Gasteiger partial charge < -0.3 is 0 Å². The van der Waals surface area contributed by atoms with Crippen molar-refractivity contribution in [3.05, 3.63) is 34.9 Å². The van der Waals surface area contributed by atoms with E-state index in [4.69, 9.17) is 11.6 Å². The zero-order valence-corrected chi connectivity index (χ0v) is 11.1. The highest BCUT2D eigenvalue weighted by molar-refractivity contribution is 6.30. The van der Waals surface area contributed by atoms with Gasteiger partial charge in [-0.25, -0.2) is 0 Å². The van der Waals surface area contributed by atoms with E-state index in [9.17, 15) is 0 Å². The molecule has 88 valence electrons. The summed E-state index contributed by atoms with van der Waals surface area (Å²) in [5.74, 6) is 0.810. The third-order valence-electron chi connectivity index (χ3n) is 3.97. The summed E-state index contributed by atoms with van der Waals surface area (Å²) in [7, 11) is 0. The minimum absolute atomic E-state index is 0.481. The van der Waals surface area contributed by atoms with Crippen LogP contribution in [-0.4, -0.2) is 0 Å². The van der Waals surface area contributed by atoms with E-state index in [1.54, 1.807) is 0 Å². The minimum Gasteiger partial charge on any atom is -0.0843 e. The zero-order chi connectivity index (χ0) is 11.6. The number of halogens is 1.